The van der Waals surface area contributed by atoms with E-state index < -0.39 is 17.8 Å². The van der Waals surface area contributed by atoms with Gasteiger partial charge in [-0.1, -0.05) is 6.07 Å². The third-order valence-corrected chi connectivity index (χ3v) is 4.59. The van der Waals surface area contributed by atoms with Crippen molar-refractivity contribution in [2.24, 2.45) is 0 Å². The Morgan fingerprint density at radius 3 is 2.83 bits per heavy atom. The lowest BCUT2D eigenvalue weighted by Crippen LogP contribution is -2.22. The summed E-state index contributed by atoms with van der Waals surface area (Å²) in [6.07, 6.45) is 4.94. The smallest absolute Gasteiger partial charge is 0.327 e. The molecule has 2 fully saturated rings. The number of benzene rings is 1. The molecule has 1 saturated heterocycles. The molecule has 152 valence electrons. The van der Waals surface area contributed by atoms with Crippen LogP contribution in [-0.4, -0.2) is 37.6 Å². The molecule has 0 atom stereocenters. The highest BCUT2D eigenvalue weighted by Gasteiger charge is 2.26. The molecule has 1 aliphatic heterocycles. The maximum Gasteiger partial charge on any atom is 0.327 e. The van der Waals surface area contributed by atoms with Gasteiger partial charge >= 0.3 is 12.0 Å². The number of imide groups is 1. The lowest BCUT2D eigenvalue weighted by Gasteiger charge is -2.10. The van der Waals surface area contributed by atoms with Crippen LogP contribution in [0.4, 0.5) is 15.1 Å². The molecule has 0 spiro atoms. The second-order valence-electron chi connectivity index (χ2n) is 7.09. The summed E-state index contributed by atoms with van der Waals surface area (Å²) < 4.78 is 21.2. The second kappa shape index (κ2) is 6.79. The largest absolute Gasteiger partial charge is 0.421 e. The number of nitrogens with zero attached hydrogens (tertiary/aromatic N) is 4. The summed E-state index contributed by atoms with van der Waals surface area (Å²) in [5.41, 5.74) is 1.68. The summed E-state index contributed by atoms with van der Waals surface area (Å²) in [5.74, 6) is -0.710. The van der Waals surface area contributed by atoms with E-state index in [1.807, 2.05) is 6.92 Å². The van der Waals surface area contributed by atoms with E-state index >= 15 is 0 Å². The van der Waals surface area contributed by atoms with E-state index in [0.717, 1.165) is 18.4 Å². The van der Waals surface area contributed by atoms with E-state index in [1.165, 1.54) is 22.9 Å². The molecule has 0 bridgehead atoms. The van der Waals surface area contributed by atoms with Gasteiger partial charge in [0, 0.05) is 11.6 Å². The van der Waals surface area contributed by atoms with Gasteiger partial charge in [0.25, 0.3) is 5.91 Å². The van der Waals surface area contributed by atoms with Crippen molar-refractivity contribution in [3.63, 3.8) is 0 Å². The van der Waals surface area contributed by atoms with Crippen molar-refractivity contribution in [1.29, 1.82) is 0 Å². The highest BCUT2D eigenvalue weighted by atomic mass is 19.1. The Hall–Kier alpha value is -4.02. The van der Waals surface area contributed by atoms with Crippen molar-refractivity contribution in [1.82, 2.24) is 30.2 Å². The standard InChI is InChI=1S/C19H16FN7O3/c1-9-2-5-12(20)14(6-9)30-19-24-15-10(7-13-16(28)25-18(29)23-13)8-21-27(15)17(26-19)22-11-3-4-11/h2,5-8,11H,3-4H2,1H3,(H,22,24,26)(H2,23,25,28,29)/b13-7-. The topological polar surface area (TPSA) is 123 Å². The van der Waals surface area contributed by atoms with Crippen molar-refractivity contribution < 1.29 is 18.7 Å². The van der Waals surface area contributed by atoms with Gasteiger partial charge in [-0.2, -0.15) is 19.6 Å². The Morgan fingerprint density at radius 1 is 1.27 bits per heavy atom. The SMILES string of the molecule is Cc1ccc(F)c(Oc2nc(NC3CC3)n3ncc(/C=C4\NC(=O)NC4=O)c3n2)c1. The van der Waals surface area contributed by atoms with Gasteiger partial charge in [-0.25, -0.2) is 9.18 Å². The number of carbonyl (C=O) groups excluding carboxylic acids is 2. The molecule has 0 unspecified atom stereocenters. The number of fused-ring (bicyclic) bond motifs is 1. The maximum absolute atomic E-state index is 14.2. The number of anilines is 1. The zero-order chi connectivity index (χ0) is 20.8. The van der Waals surface area contributed by atoms with Crippen molar-refractivity contribution in [2.45, 2.75) is 25.8 Å². The Balaban J connectivity index is 1.59. The van der Waals surface area contributed by atoms with Crippen LogP contribution in [0.3, 0.4) is 0 Å². The molecule has 0 radical (unpaired) electrons. The fourth-order valence-electron chi connectivity index (χ4n) is 2.95. The van der Waals surface area contributed by atoms with Gasteiger partial charge in [-0.3, -0.25) is 10.1 Å². The number of hydrogen-bond donors (Lipinski definition) is 3. The van der Waals surface area contributed by atoms with Crippen LogP contribution >= 0.6 is 0 Å². The minimum absolute atomic E-state index is 0.00132. The molecule has 1 aromatic carbocycles. The molecule has 5 rings (SSSR count). The van der Waals surface area contributed by atoms with Crippen LogP contribution < -0.4 is 20.7 Å². The third kappa shape index (κ3) is 3.41. The van der Waals surface area contributed by atoms with E-state index in [9.17, 15) is 14.0 Å². The number of hydrogen-bond acceptors (Lipinski definition) is 7. The van der Waals surface area contributed by atoms with Crippen LogP contribution in [0.25, 0.3) is 11.7 Å². The van der Waals surface area contributed by atoms with E-state index in [-0.39, 0.29) is 23.5 Å². The number of urea groups is 1. The lowest BCUT2D eigenvalue weighted by atomic mass is 10.2. The molecule has 3 amide bonds. The van der Waals surface area contributed by atoms with E-state index in [2.05, 4.69) is 31.0 Å². The lowest BCUT2D eigenvalue weighted by molar-refractivity contribution is -0.115. The molecule has 3 N–H and O–H groups in total. The van der Waals surface area contributed by atoms with Crippen LogP contribution in [-0.2, 0) is 4.79 Å². The monoisotopic (exact) mass is 409 g/mol. The summed E-state index contributed by atoms with van der Waals surface area (Å²) >= 11 is 0. The predicted octanol–water partition coefficient (Wildman–Crippen LogP) is 2.12. The molecule has 1 aliphatic carbocycles. The molecular formula is C19H16FN7O3. The predicted molar refractivity (Wildman–Crippen MR) is 103 cm³/mol. The summed E-state index contributed by atoms with van der Waals surface area (Å²) in [4.78, 5) is 31.9. The average molecular weight is 409 g/mol. The Kier molecular flexibility index (Phi) is 4.09. The molecule has 11 heteroatoms. The van der Waals surface area contributed by atoms with Gasteiger partial charge in [-0.05, 0) is 43.5 Å². The number of nitrogens with one attached hydrogen (secondary N) is 3. The third-order valence-electron chi connectivity index (χ3n) is 4.59. The molecule has 3 aromatic rings. The van der Waals surface area contributed by atoms with Crippen molar-refractivity contribution in [2.75, 3.05) is 5.32 Å². The van der Waals surface area contributed by atoms with Crippen molar-refractivity contribution in [3.8, 4) is 11.8 Å². The summed E-state index contributed by atoms with van der Waals surface area (Å²) in [5, 5.41) is 12.1. The first-order valence-corrected chi connectivity index (χ1v) is 9.26. The zero-order valence-electron chi connectivity index (χ0n) is 15.8. The van der Waals surface area contributed by atoms with Crippen LogP contribution in [0, 0.1) is 12.7 Å². The molecule has 10 nitrogen and oxygen atoms in total. The summed E-state index contributed by atoms with van der Waals surface area (Å²) in [6, 6.07) is 4.08. The summed E-state index contributed by atoms with van der Waals surface area (Å²) in [6.45, 7) is 1.82. The van der Waals surface area contributed by atoms with Gasteiger partial charge in [-0.15, -0.1) is 0 Å². The number of ether oxygens (including phenoxy) is 1. The number of rotatable bonds is 5. The normalized spacial score (nSPS) is 17.3. The number of halogens is 1. The number of aromatic nitrogens is 4. The van der Waals surface area contributed by atoms with Crippen molar-refractivity contribution >= 4 is 29.6 Å². The highest BCUT2D eigenvalue weighted by Crippen LogP contribution is 2.28. The second-order valence-corrected chi connectivity index (χ2v) is 7.09. The molecule has 2 aromatic heterocycles. The average Bonchev–Trinajstić information content (AvgIpc) is 3.34. The quantitative estimate of drug-likeness (QED) is 0.436. The molecule has 2 aliphatic rings. The molecule has 30 heavy (non-hydrogen) atoms. The maximum atomic E-state index is 14.2. The highest BCUT2D eigenvalue weighted by molar-refractivity contribution is 6.14. The Labute approximate surface area is 169 Å². The molecule has 1 saturated carbocycles. The van der Waals surface area contributed by atoms with E-state index in [1.54, 1.807) is 12.1 Å². The van der Waals surface area contributed by atoms with E-state index in [0.29, 0.717) is 17.2 Å². The summed E-state index contributed by atoms with van der Waals surface area (Å²) in [7, 11) is 0. The van der Waals surface area contributed by atoms with E-state index in [4.69, 9.17) is 4.74 Å². The number of carbonyl (C=O) groups is 2. The van der Waals surface area contributed by atoms with Gasteiger partial charge in [0.05, 0.1) is 6.20 Å². The first-order chi connectivity index (χ1) is 14.5. The minimum atomic E-state index is -0.604. The van der Waals surface area contributed by atoms with Crippen molar-refractivity contribution in [3.05, 3.63) is 47.0 Å². The molecule has 3 heterocycles. The van der Waals surface area contributed by atoms with Crippen LogP contribution in [0.15, 0.2) is 30.1 Å². The number of amides is 3. The molecular weight excluding hydrogens is 393 g/mol. The van der Waals surface area contributed by atoms with Gasteiger partial charge < -0.3 is 15.4 Å². The first kappa shape index (κ1) is 18.0. The fraction of sp³-hybridized carbons (Fsp3) is 0.211. The fourth-order valence-corrected chi connectivity index (χ4v) is 2.95. The van der Waals surface area contributed by atoms with Crippen LogP contribution in [0.5, 0.6) is 11.8 Å². The minimum Gasteiger partial charge on any atom is -0.421 e. The Bertz CT molecular complexity index is 1230. The van der Waals surface area contributed by atoms with Crippen LogP contribution in [0.1, 0.15) is 24.0 Å². The van der Waals surface area contributed by atoms with Gasteiger partial charge in [0.2, 0.25) is 5.95 Å². The first-order valence-electron chi connectivity index (χ1n) is 9.26. The van der Waals surface area contributed by atoms with Gasteiger partial charge in [0.15, 0.2) is 17.2 Å². The van der Waals surface area contributed by atoms with Crippen LogP contribution in [0.2, 0.25) is 0 Å². The number of aryl methyl sites for hydroxylation is 1. The zero-order valence-corrected chi connectivity index (χ0v) is 15.8. The van der Waals surface area contributed by atoms with Gasteiger partial charge in [0.1, 0.15) is 5.70 Å². The Morgan fingerprint density at radius 2 is 2.10 bits per heavy atom.